The third kappa shape index (κ3) is 4.67. The standard InChI is InChI=1S/C15H19NO4S/c1-19-14(17)8-7-13-16(9-10-21-13)15(18)20-11-12-5-3-2-4-6-12/h2-6,13H,7-11H2,1H3. The van der Waals surface area contributed by atoms with Gasteiger partial charge >= 0.3 is 12.1 Å². The molecule has 1 aromatic rings. The second-order valence-electron chi connectivity index (χ2n) is 4.67. The molecule has 0 bridgehead atoms. The van der Waals surface area contributed by atoms with Crippen LogP contribution in [-0.2, 0) is 20.9 Å². The van der Waals surface area contributed by atoms with Gasteiger partial charge in [-0.2, -0.15) is 0 Å². The SMILES string of the molecule is COC(=O)CCC1SCCN1C(=O)OCc1ccccc1. The Bertz CT molecular complexity index is 480. The summed E-state index contributed by atoms with van der Waals surface area (Å²) in [6, 6.07) is 9.58. The predicted octanol–water partition coefficient (Wildman–Crippen LogP) is 2.65. The number of ether oxygens (including phenoxy) is 2. The molecule has 0 N–H and O–H groups in total. The molecule has 1 unspecified atom stereocenters. The highest BCUT2D eigenvalue weighted by atomic mass is 32.2. The minimum absolute atomic E-state index is 0.00706. The maximum Gasteiger partial charge on any atom is 0.411 e. The number of carbonyl (C=O) groups excluding carboxylic acids is 2. The highest BCUT2D eigenvalue weighted by Crippen LogP contribution is 2.28. The molecule has 1 aliphatic rings. The number of thioether (sulfide) groups is 1. The zero-order chi connectivity index (χ0) is 15.1. The van der Waals surface area contributed by atoms with E-state index in [1.807, 2.05) is 30.3 Å². The van der Waals surface area contributed by atoms with Crippen molar-refractivity contribution < 1.29 is 19.1 Å². The largest absolute Gasteiger partial charge is 0.469 e. The quantitative estimate of drug-likeness (QED) is 0.783. The summed E-state index contributed by atoms with van der Waals surface area (Å²) in [5.41, 5.74) is 0.962. The van der Waals surface area contributed by atoms with Crippen molar-refractivity contribution in [1.29, 1.82) is 0 Å². The third-order valence-electron chi connectivity index (χ3n) is 3.25. The normalized spacial score (nSPS) is 17.6. The molecular formula is C15H19NO4S. The third-order valence-corrected chi connectivity index (χ3v) is 4.55. The number of nitrogens with zero attached hydrogens (tertiary/aromatic N) is 1. The smallest absolute Gasteiger partial charge is 0.411 e. The topological polar surface area (TPSA) is 55.8 Å². The summed E-state index contributed by atoms with van der Waals surface area (Å²) in [4.78, 5) is 25.0. The van der Waals surface area contributed by atoms with Crippen LogP contribution in [0.25, 0.3) is 0 Å². The Labute approximate surface area is 128 Å². The average Bonchev–Trinajstić information content (AvgIpc) is 2.99. The van der Waals surface area contributed by atoms with Gasteiger partial charge in [-0.3, -0.25) is 9.69 Å². The maximum atomic E-state index is 12.1. The van der Waals surface area contributed by atoms with E-state index < -0.39 is 0 Å². The Hall–Kier alpha value is -1.69. The number of methoxy groups -OCH3 is 1. The van der Waals surface area contributed by atoms with E-state index in [0.717, 1.165) is 11.3 Å². The van der Waals surface area contributed by atoms with Crippen LogP contribution in [0, 0.1) is 0 Å². The Balaban J connectivity index is 1.81. The van der Waals surface area contributed by atoms with Gasteiger partial charge in [-0.15, -0.1) is 11.8 Å². The van der Waals surface area contributed by atoms with E-state index >= 15 is 0 Å². The van der Waals surface area contributed by atoms with E-state index in [9.17, 15) is 9.59 Å². The van der Waals surface area contributed by atoms with Gasteiger partial charge in [0.05, 0.1) is 12.5 Å². The molecule has 114 valence electrons. The van der Waals surface area contributed by atoms with Crippen molar-refractivity contribution in [3.8, 4) is 0 Å². The van der Waals surface area contributed by atoms with E-state index in [4.69, 9.17) is 4.74 Å². The monoisotopic (exact) mass is 309 g/mol. The highest BCUT2D eigenvalue weighted by Gasteiger charge is 2.30. The summed E-state index contributed by atoms with van der Waals surface area (Å²) < 4.78 is 9.96. The number of benzene rings is 1. The molecule has 0 radical (unpaired) electrons. The molecule has 1 atom stereocenters. The molecule has 6 heteroatoms. The van der Waals surface area contributed by atoms with E-state index in [2.05, 4.69) is 4.74 Å². The van der Waals surface area contributed by atoms with Gasteiger partial charge in [0, 0.05) is 18.7 Å². The van der Waals surface area contributed by atoms with Crippen LogP contribution in [0.1, 0.15) is 18.4 Å². The number of hydrogen-bond donors (Lipinski definition) is 0. The number of esters is 1. The van der Waals surface area contributed by atoms with Crippen molar-refractivity contribution in [1.82, 2.24) is 4.90 Å². The first-order valence-corrected chi connectivity index (χ1v) is 7.91. The molecule has 21 heavy (non-hydrogen) atoms. The van der Waals surface area contributed by atoms with Gasteiger partial charge in [-0.05, 0) is 12.0 Å². The number of carbonyl (C=O) groups is 2. The predicted molar refractivity (Wildman–Crippen MR) is 80.8 cm³/mol. The van der Waals surface area contributed by atoms with Crippen molar-refractivity contribution in [3.63, 3.8) is 0 Å². The van der Waals surface area contributed by atoms with Crippen LogP contribution in [0.5, 0.6) is 0 Å². The molecular weight excluding hydrogens is 290 g/mol. The van der Waals surface area contributed by atoms with Gasteiger partial charge in [0.15, 0.2) is 0 Å². The van der Waals surface area contributed by atoms with Crippen molar-refractivity contribution >= 4 is 23.8 Å². The van der Waals surface area contributed by atoms with Crippen LogP contribution in [0.3, 0.4) is 0 Å². The number of rotatable bonds is 5. The van der Waals surface area contributed by atoms with E-state index in [0.29, 0.717) is 19.4 Å². The molecule has 1 saturated heterocycles. The second kappa shape index (κ2) is 7.93. The Kier molecular flexibility index (Phi) is 5.92. The molecule has 0 saturated carbocycles. The lowest BCUT2D eigenvalue weighted by Crippen LogP contribution is -2.35. The fraction of sp³-hybridized carbons (Fsp3) is 0.467. The minimum Gasteiger partial charge on any atom is -0.469 e. The molecule has 1 aliphatic heterocycles. The molecule has 1 fully saturated rings. The molecule has 0 aromatic heterocycles. The first kappa shape index (κ1) is 15.7. The lowest BCUT2D eigenvalue weighted by molar-refractivity contribution is -0.140. The van der Waals surface area contributed by atoms with Gasteiger partial charge in [-0.25, -0.2) is 4.79 Å². The Morgan fingerprint density at radius 1 is 1.33 bits per heavy atom. The Morgan fingerprint density at radius 2 is 2.10 bits per heavy atom. The van der Waals surface area contributed by atoms with Gasteiger partial charge in [0.25, 0.3) is 0 Å². The van der Waals surface area contributed by atoms with Gasteiger partial charge in [0.1, 0.15) is 6.61 Å². The van der Waals surface area contributed by atoms with Crippen LogP contribution in [0.4, 0.5) is 4.79 Å². The van der Waals surface area contributed by atoms with E-state index in [1.54, 1.807) is 16.7 Å². The fourth-order valence-electron chi connectivity index (χ4n) is 2.11. The summed E-state index contributed by atoms with van der Waals surface area (Å²) in [6.45, 7) is 0.925. The maximum absolute atomic E-state index is 12.1. The molecule has 5 nitrogen and oxygen atoms in total. The second-order valence-corrected chi connectivity index (χ2v) is 5.96. The van der Waals surface area contributed by atoms with Crippen LogP contribution >= 0.6 is 11.8 Å². The minimum atomic E-state index is -0.321. The summed E-state index contributed by atoms with van der Waals surface area (Å²) >= 11 is 1.67. The summed E-state index contributed by atoms with van der Waals surface area (Å²) in [7, 11) is 1.37. The van der Waals surface area contributed by atoms with Crippen molar-refractivity contribution in [2.24, 2.45) is 0 Å². The van der Waals surface area contributed by atoms with Gasteiger partial charge in [0.2, 0.25) is 0 Å². The lowest BCUT2D eigenvalue weighted by atomic mass is 10.2. The zero-order valence-electron chi connectivity index (χ0n) is 12.0. The van der Waals surface area contributed by atoms with Crippen molar-refractivity contribution in [3.05, 3.63) is 35.9 Å². The van der Waals surface area contributed by atoms with Crippen LogP contribution in [0.2, 0.25) is 0 Å². The summed E-state index contributed by atoms with van der Waals surface area (Å²) in [5.74, 6) is 0.617. The lowest BCUT2D eigenvalue weighted by Gasteiger charge is -2.22. The van der Waals surface area contributed by atoms with Crippen molar-refractivity contribution in [2.75, 3.05) is 19.4 Å². The molecule has 1 aromatic carbocycles. The fourth-order valence-corrected chi connectivity index (χ4v) is 3.34. The summed E-state index contributed by atoms with van der Waals surface area (Å²) in [6.07, 6.45) is 0.590. The van der Waals surface area contributed by atoms with Gasteiger partial charge in [-0.1, -0.05) is 30.3 Å². The molecule has 1 amide bonds. The summed E-state index contributed by atoms with van der Waals surface area (Å²) in [5, 5.41) is -0.00706. The highest BCUT2D eigenvalue weighted by molar-refractivity contribution is 8.00. The first-order chi connectivity index (χ1) is 10.2. The molecule has 0 spiro atoms. The number of amides is 1. The van der Waals surface area contributed by atoms with Crippen LogP contribution in [-0.4, -0.2) is 41.7 Å². The van der Waals surface area contributed by atoms with E-state index in [1.165, 1.54) is 7.11 Å². The van der Waals surface area contributed by atoms with Crippen LogP contribution < -0.4 is 0 Å². The molecule has 1 heterocycles. The Morgan fingerprint density at radius 3 is 2.81 bits per heavy atom. The zero-order valence-corrected chi connectivity index (χ0v) is 12.8. The molecule has 2 rings (SSSR count). The van der Waals surface area contributed by atoms with Gasteiger partial charge < -0.3 is 9.47 Å². The molecule has 0 aliphatic carbocycles. The van der Waals surface area contributed by atoms with E-state index in [-0.39, 0.29) is 24.0 Å². The van der Waals surface area contributed by atoms with Crippen molar-refractivity contribution in [2.45, 2.75) is 24.8 Å². The first-order valence-electron chi connectivity index (χ1n) is 6.86. The average molecular weight is 309 g/mol. The number of hydrogen-bond acceptors (Lipinski definition) is 5. The van der Waals surface area contributed by atoms with Crippen LogP contribution in [0.15, 0.2) is 30.3 Å².